The molecule has 4 heteroatoms. The molecule has 0 saturated heterocycles. The standard InChI is InChI=1S/C12H8ClNO2/c13-12-10-6-16-5-9(10)8-2-1-7(4-15)3-11(8)14-12/h1-4H,5-6H2. The first kappa shape index (κ1) is 9.75. The Bertz CT molecular complexity index is 595. The van der Waals surface area contributed by atoms with E-state index in [1.165, 1.54) is 0 Å². The molecule has 0 atom stereocenters. The quantitative estimate of drug-likeness (QED) is 0.562. The first-order valence-electron chi connectivity index (χ1n) is 4.93. The lowest BCUT2D eigenvalue weighted by molar-refractivity contribution is 0.112. The molecular weight excluding hydrogens is 226 g/mol. The summed E-state index contributed by atoms with van der Waals surface area (Å²) in [6.45, 7) is 1.08. The summed E-state index contributed by atoms with van der Waals surface area (Å²) in [6.07, 6.45) is 0.804. The van der Waals surface area contributed by atoms with E-state index in [1.54, 1.807) is 12.1 Å². The third-order valence-corrected chi connectivity index (χ3v) is 3.12. The number of hydrogen-bond acceptors (Lipinski definition) is 3. The van der Waals surface area contributed by atoms with Gasteiger partial charge in [-0.3, -0.25) is 4.79 Å². The number of aromatic nitrogens is 1. The van der Waals surface area contributed by atoms with Crippen molar-refractivity contribution in [1.82, 2.24) is 4.98 Å². The molecule has 0 unspecified atom stereocenters. The molecule has 1 aromatic carbocycles. The fourth-order valence-corrected chi connectivity index (χ4v) is 2.26. The van der Waals surface area contributed by atoms with Gasteiger partial charge in [-0.15, -0.1) is 0 Å². The number of benzene rings is 1. The Morgan fingerprint density at radius 2 is 2.12 bits per heavy atom. The summed E-state index contributed by atoms with van der Waals surface area (Å²) in [5.41, 5.74) is 3.41. The monoisotopic (exact) mass is 233 g/mol. The molecule has 1 aliphatic heterocycles. The molecule has 2 heterocycles. The van der Waals surface area contributed by atoms with Gasteiger partial charge in [-0.05, 0) is 11.6 Å². The lowest BCUT2D eigenvalue weighted by Gasteiger charge is -2.05. The smallest absolute Gasteiger partial charge is 0.150 e. The van der Waals surface area contributed by atoms with E-state index in [9.17, 15) is 4.79 Å². The number of pyridine rings is 1. The highest BCUT2D eigenvalue weighted by molar-refractivity contribution is 6.30. The summed E-state index contributed by atoms with van der Waals surface area (Å²) in [6, 6.07) is 5.42. The molecule has 16 heavy (non-hydrogen) atoms. The second kappa shape index (κ2) is 3.54. The molecule has 2 aromatic rings. The lowest BCUT2D eigenvalue weighted by Crippen LogP contribution is -1.92. The van der Waals surface area contributed by atoms with E-state index in [0.717, 1.165) is 28.3 Å². The van der Waals surface area contributed by atoms with Crippen molar-refractivity contribution in [3.8, 4) is 0 Å². The van der Waals surface area contributed by atoms with Crippen molar-refractivity contribution in [3.05, 3.63) is 40.0 Å². The van der Waals surface area contributed by atoms with E-state index >= 15 is 0 Å². The van der Waals surface area contributed by atoms with E-state index in [-0.39, 0.29) is 0 Å². The Kier molecular flexibility index (Phi) is 2.16. The molecule has 0 radical (unpaired) electrons. The van der Waals surface area contributed by atoms with Crippen molar-refractivity contribution in [3.63, 3.8) is 0 Å². The number of carbonyl (C=O) groups is 1. The highest BCUT2D eigenvalue weighted by Crippen LogP contribution is 2.32. The van der Waals surface area contributed by atoms with Gasteiger partial charge in [0.2, 0.25) is 0 Å². The molecule has 3 rings (SSSR count). The first-order valence-corrected chi connectivity index (χ1v) is 5.31. The predicted molar refractivity (Wildman–Crippen MR) is 60.6 cm³/mol. The van der Waals surface area contributed by atoms with Gasteiger partial charge >= 0.3 is 0 Å². The van der Waals surface area contributed by atoms with Crippen LogP contribution in [0.3, 0.4) is 0 Å². The van der Waals surface area contributed by atoms with E-state index < -0.39 is 0 Å². The Balaban J connectivity index is 2.38. The molecule has 1 aromatic heterocycles. The van der Waals surface area contributed by atoms with Crippen LogP contribution in [0.5, 0.6) is 0 Å². The molecule has 1 aliphatic rings. The van der Waals surface area contributed by atoms with Gasteiger partial charge in [-0.25, -0.2) is 4.98 Å². The van der Waals surface area contributed by atoms with Gasteiger partial charge in [0, 0.05) is 16.5 Å². The maximum Gasteiger partial charge on any atom is 0.150 e. The molecule has 80 valence electrons. The Morgan fingerprint density at radius 3 is 2.94 bits per heavy atom. The zero-order valence-corrected chi connectivity index (χ0v) is 9.12. The largest absolute Gasteiger partial charge is 0.372 e. The summed E-state index contributed by atoms with van der Waals surface area (Å²) in [5.74, 6) is 0. The maximum absolute atomic E-state index is 10.7. The van der Waals surface area contributed by atoms with E-state index in [0.29, 0.717) is 23.9 Å². The minimum atomic E-state index is 0.475. The van der Waals surface area contributed by atoms with E-state index in [2.05, 4.69) is 4.98 Å². The van der Waals surface area contributed by atoms with Crippen LogP contribution in [-0.2, 0) is 18.0 Å². The number of rotatable bonds is 1. The van der Waals surface area contributed by atoms with Gasteiger partial charge < -0.3 is 4.74 Å². The molecular formula is C12H8ClNO2. The predicted octanol–water partition coefficient (Wildman–Crippen LogP) is 2.73. The number of aldehydes is 1. The van der Waals surface area contributed by atoms with Crippen LogP contribution < -0.4 is 0 Å². The number of halogens is 1. The van der Waals surface area contributed by atoms with Crippen LogP contribution in [0.15, 0.2) is 18.2 Å². The minimum absolute atomic E-state index is 0.475. The van der Waals surface area contributed by atoms with Gasteiger partial charge in [-0.1, -0.05) is 23.7 Å². The second-order valence-electron chi connectivity index (χ2n) is 3.75. The Labute approximate surface area is 97.0 Å². The van der Waals surface area contributed by atoms with Crippen molar-refractivity contribution >= 4 is 28.8 Å². The summed E-state index contributed by atoms with van der Waals surface area (Å²) < 4.78 is 5.37. The van der Waals surface area contributed by atoms with Crippen molar-refractivity contribution in [2.45, 2.75) is 13.2 Å². The van der Waals surface area contributed by atoms with E-state index in [4.69, 9.17) is 16.3 Å². The van der Waals surface area contributed by atoms with Crippen molar-refractivity contribution in [1.29, 1.82) is 0 Å². The van der Waals surface area contributed by atoms with Gasteiger partial charge in [0.1, 0.15) is 11.4 Å². The van der Waals surface area contributed by atoms with Gasteiger partial charge in [0.15, 0.2) is 0 Å². The fourth-order valence-electron chi connectivity index (χ4n) is 2.00. The summed E-state index contributed by atoms with van der Waals surface area (Å²) in [4.78, 5) is 15.0. The average Bonchev–Trinajstić information content (AvgIpc) is 2.78. The highest BCUT2D eigenvalue weighted by Gasteiger charge is 2.19. The summed E-state index contributed by atoms with van der Waals surface area (Å²) >= 11 is 6.06. The molecule has 0 fully saturated rings. The first-order chi connectivity index (χ1) is 7.79. The van der Waals surface area contributed by atoms with Crippen LogP contribution in [-0.4, -0.2) is 11.3 Å². The summed E-state index contributed by atoms with van der Waals surface area (Å²) in [7, 11) is 0. The maximum atomic E-state index is 10.7. The zero-order chi connectivity index (χ0) is 11.1. The van der Waals surface area contributed by atoms with Crippen molar-refractivity contribution < 1.29 is 9.53 Å². The van der Waals surface area contributed by atoms with Crippen LogP contribution >= 0.6 is 11.6 Å². The number of ether oxygens (including phenoxy) is 1. The third kappa shape index (κ3) is 1.32. The number of carbonyl (C=O) groups excluding carboxylic acids is 1. The minimum Gasteiger partial charge on any atom is -0.372 e. The number of fused-ring (bicyclic) bond motifs is 3. The molecule has 0 N–H and O–H groups in total. The molecule has 0 spiro atoms. The molecule has 0 saturated carbocycles. The Hall–Kier alpha value is -1.45. The lowest BCUT2D eigenvalue weighted by atomic mass is 10.0. The normalized spacial score (nSPS) is 14.1. The highest BCUT2D eigenvalue weighted by atomic mass is 35.5. The molecule has 0 bridgehead atoms. The SMILES string of the molecule is O=Cc1ccc2c3c(c(Cl)nc2c1)COC3. The second-order valence-corrected chi connectivity index (χ2v) is 4.10. The number of hydrogen-bond donors (Lipinski definition) is 0. The van der Waals surface area contributed by atoms with Crippen LogP contribution in [0.25, 0.3) is 10.9 Å². The van der Waals surface area contributed by atoms with Crippen LogP contribution in [0.1, 0.15) is 21.5 Å². The molecule has 0 aliphatic carbocycles. The van der Waals surface area contributed by atoms with Crippen molar-refractivity contribution in [2.75, 3.05) is 0 Å². The fraction of sp³-hybridized carbons (Fsp3) is 0.167. The summed E-state index contributed by atoms with van der Waals surface area (Å²) in [5, 5.41) is 1.49. The van der Waals surface area contributed by atoms with Crippen LogP contribution in [0.4, 0.5) is 0 Å². The topological polar surface area (TPSA) is 39.2 Å². The van der Waals surface area contributed by atoms with Gasteiger partial charge in [0.05, 0.1) is 18.7 Å². The third-order valence-electron chi connectivity index (χ3n) is 2.81. The molecule has 3 nitrogen and oxygen atoms in total. The Morgan fingerprint density at radius 1 is 1.31 bits per heavy atom. The average molecular weight is 234 g/mol. The molecule has 0 amide bonds. The number of nitrogens with zero attached hydrogens (tertiary/aromatic N) is 1. The van der Waals surface area contributed by atoms with Crippen molar-refractivity contribution in [2.24, 2.45) is 0 Å². The zero-order valence-electron chi connectivity index (χ0n) is 8.37. The van der Waals surface area contributed by atoms with Gasteiger partial charge in [0.25, 0.3) is 0 Å². The van der Waals surface area contributed by atoms with E-state index in [1.807, 2.05) is 6.07 Å². The van der Waals surface area contributed by atoms with Crippen LogP contribution in [0.2, 0.25) is 5.15 Å². The van der Waals surface area contributed by atoms with Crippen LogP contribution in [0, 0.1) is 0 Å². The van der Waals surface area contributed by atoms with Gasteiger partial charge in [-0.2, -0.15) is 0 Å².